The van der Waals surface area contributed by atoms with Crippen LogP contribution in [0.5, 0.6) is 5.75 Å². The normalized spacial score (nSPS) is 14.6. The Bertz CT molecular complexity index is 1200. The molecule has 0 bridgehead atoms. The van der Waals surface area contributed by atoms with Gasteiger partial charge in [0.15, 0.2) is 10.1 Å². The SMILES string of the molecule is CCC(C)(C)C(=O)OC(C)OC(=O)c1ccc(OS(=O)(=O)C(F)(F)C(F)(F)C(F)(F)S(=O)(=O)[O-])cc1. The van der Waals surface area contributed by atoms with Gasteiger partial charge in [0, 0.05) is 6.92 Å². The Morgan fingerprint density at radius 1 is 0.917 bits per heavy atom. The van der Waals surface area contributed by atoms with Gasteiger partial charge < -0.3 is 18.2 Å². The molecule has 0 saturated heterocycles. The summed E-state index contributed by atoms with van der Waals surface area (Å²) >= 11 is 0. The number of benzene rings is 1. The van der Waals surface area contributed by atoms with E-state index in [1.165, 1.54) is 6.92 Å². The molecule has 0 aliphatic rings. The maximum Gasteiger partial charge on any atom is 0.450 e. The molecule has 0 saturated carbocycles. The highest BCUT2D eigenvalue weighted by Crippen LogP contribution is 2.50. The van der Waals surface area contributed by atoms with E-state index in [1.54, 1.807) is 20.8 Å². The summed E-state index contributed by atoms with van der Waals surface area (Å²) in [6, 6.07) is 2.29. The molecular formula is C18H19F6O10S2-. The molecule has 0 N–H and O–H groups in total. The van der Waals surface area contributed by atoms with Crippen LogP contribution in [0.25, 0.3) is 0 Å². The average Bonchev–Trinajstić information content (AvgIpc) is 2.72. The molecule has 10 nitrogen and oxygen atoms in total. The quantitative estimate of drug-likeness (QED) is 0.127. The van der Waals surface area contributed by atoms with E-state index in [0.717, 1.165) is 0 Å². The monoisotopic (exact) mass is 573 g/mol. The highest BCUT2D eigenvalue weighted by molar-refractivity contribution is 7.88. The Kier molecular flexibility index (Phi) is 8.77. The fourth-order valence-electron chi connectivity index (χ4n) is 2.01. The molecule has 0 aromatic heterocycles. The lowest BCUT2D eigenvalue weighted by atomic mass is 9.91. The molecule has 1 aromatic carbocycles. The number of hydrogen-bond acceptors (Lipinski definition) is 10. The van der Waals surface area contributed by atoms with E-state index < -0.39 is 71.6 Å². The number of halogens is 6. The fraction of sp³-hybridized carbons (Fsp3) is 0.556. The Morgan fingerprint density at radius 2 is 1.39 bits per heavy atom. The molecule has 36 heavy (non-hydrogen) atoms. The molecule has 0 spiro atoms. The van der Waals surface area contributed by atoms with Gasteiger partial charge >= 0.3 is 38.5 Å². The van der Waals surface area contributed by atoms with Crippen molar-refractivity contribution in [3.8, 4) is 5.75 Å². The smallest absolute Gasteiger partial charge is 0.450 e. The number of esters is 2. The third kappa shape index (κ3) is 6.03. The molecular weight excluding hydrogens is 554 g/mol. The number of carbonyl (C=O) groups is 2. The van der Waals surface area contributed by atoms with Crippen LogP contribution in [0.3, 0.4) is 0 Å². The summed E-state index contributed by atoms with van der Waals surface area (Å²) in [5, 5.41) is -13.9. The van der Waals surface area contributed by atoms with E-state index in [4.69, 9.17) is 9.47 Å². The topological polar surface area (TPSA) is 153 Å². The van der Waals surface area contributed by atoms with Crippen molar-refractivity contribution >= 4 is 32.2 Å². The van der Waals surface area contributed by atoms with Crippen LogP contribution in [-0.2, 0) is 34.5 Å². The molecule has 0 heterocycles. The second kappa shape index (κ2) is 10.0. The Hall–Kier alpha value is -2.60. The molecule has 1 aromatic rings. The second-order valence-corrected chi connectivity index (χ2v) is 10.7. The van der Waals surface area contributed by atoms with E-state index in [2.05, 4.69) is 4.18 Å². The summed E-state index contributed by atoms with van der Waals surface area (Å²) in [6.07, 6.45) is -1.00. The standard InChI is InChI=1S/C18H20F6O10S2/c1-5-15(3,4)14(26)33-10(2)32-13(25)11-6-8-12(9-7-11)34-36(30,31)18(23,24)16(19,20)17(21,22)35(27,28)29/h6-10H,5H2,1-4H3,(H,27,28,29)/p-1. The van der Waals surface area contributed by atoms with E-state index in [0.29, 0.717) is 30.7 Å². The molecule has 0 aliphatic carbocycles. The zero-order valence-corrected chi connectivity index (χ0v) is 20.4. The molecule has 0 aliphatic heterocycles. The highest BCUT2D eigenvalue weighted by Gasteiger charge is 2.81. The lowest BCUT2D eigenvalue weighted by Gasteiger charge is -2.32. The van der Waals surface area contributed by atoms with Gasteiger partial charge in [0.1, 0.15) is 5.75 Å². The highest BCUT2D eigenvalue weighted by atomic mass is 32.2. The third-order valence-electron chi connectivity index (χ3n) is 4.64. The van der Waals surface area contributed by atoms with Crippen molar-refractivity contribution in [2.24, 2.45) is 5.41 Å². The predicted octanol–water partition coefficient (Wildman–Crippen LogP) is 3.24. The van der Waals surface area contributed by atoms with Crippen molar-refractivity contribution in [2.75, 3.05) is 0 Å². The Morgan fingerprint density at radius 3 is 1.81 bits per heavy atom. The first-order valence-corrected chi connectivity index (χ1v) is 12.3. The van der Waals surface area contributed by atoms with Crippen LogP contribution in [0.15, 0.2) is 24.3 Å². The van der Waals surface area contributed by atoms with Gasteiger partial charge in [-0.2, -0.15) is 34.8 Å². The maximum atomic E-state index is 13.8. The molecule has 0 fully saturated rings. The fourth-order valence-corrected chi connectivity index (χ4v) is 3.42. The molecule has 0 amide bonds. The Labute approximate surface area is 201 Å². The first-order chi connectivity index (χ1) is 15.9. The van der Waals surface area contributed by atoms with Crippen molar-refractivity contribution in [1.29, 1.82) is 0 Å². The minimum atomic E-state index is -7.44. The summed E-state index contributed by atoms with van der Waals surface area (Å²) in [5.74, 6) is -10.3. The summed E-state index contributed by atoms with van der Waals surface area (Å²) in [5.41, 5.74) is -1.30. The number of alkyl halides is 6. The molecule has 18 heteroatoms. The number of hydrogen-bond donors (Lipinski definition) is 0. The van der Waals surface area contributed by atoms with Crippen LogP contribution in [0, 0.1) is 5.41 Å². The molecule has 0 radical (unpaired) electrons. The van der Waals surface area contributed by atoms with Gasteiger partial charge in [0.05, 0.1) is 11.0 Å². The Balaban J connectivity index is 3.05. The van der Waals surface area contributed by atoms with Crippen LogP contribution in [0.4, 0.5) is 26.3 Å². The van der Waals surface area contributed by atoms with Crippen molar-refractivity contribution in [3.05, 3.63) is 29.8 Å². The second-order valence-electron chi connectivity index (χ2n) is 7.74. The average molecular weight is 573 g/mol. The van der Waals surface area contributed by atoms with E-state index in [-0.39, 0.29) is 0 Å². The van der Waals surface area contributed by atoms with Crippen molar-refractivity contribution in [2.45, 2.75) is 56.8 Å². The number of rotatable bonds is 11. The summed E-state index contributed by atoms with van der Waals surface area (Å²) in [6.45, 7) is 6.02. The zero-order valence-electron chi connectivity index (χ0n) is 18.8. The van der Waals surface area contributed by atoms with E-state index in [1.807, 2.05) is 0 Å². The lowest BCUT2D eigenvalue weighted by molar-refractivity contribution is -0.247. The van der Waals surface area contributed by atoms with Crippen LogP contribution >= 0.6 is 0 Å². The minimum Gasteiger partial charge on any atom is -0.743 e. The van der Waals surface area contributed by atoms with Gasteiger partial charge in [-0.3, -0.25) is 4.79 Å². The van der Waals surface area contributed by atoms with Crippen molar-refractivity contribution in [1.82, 2.24) is 0 Å². The van der Waals surface area contributed by atoms with Crippen LogP contribution in [-0.4, -0.2) is 56.0 Å². The van der Waals surface area contributed by atoms with Crippen molar-refractivity contribution in [3.63, 3.8) is 0 Å². The van der Waals surface area contributed by atoms with Crippen LogP contribution in [0.1, 0.15) is 44.5 Å². The van der Waals surface area contributed by atoms with E-state index in [9.17, 15) is 57.3 Å². The van der Waals surface area contributed by atoms with Crippen LogP contribution < -0.4 is 4.18 Å². The van der Waals surface area contributed by atoms with E-state index >= 15 is 0 Å². The summed E-state index contributed by atoms with van der Waals surface area (Å²) in [4.78, 5) is 24.1. The number of carbonyl (C=O) groups excluding carboxylic acids is 2. The predicted molar refractivity (Wildman–Crippen MR) is 106 cm³/mol. The first kappa shape index (κ1) is 31.4. The van der Waals surface area contributed by atoms with Gasteiger partial charge in [-0.15, -0.1) is 0 Å². The van der Waals surface area contributed by atoms with Gasteiger partial charge in [-0.25, -0.2) is 13.2 Å². The van der Waals surface area contributed by atoms with Gasteiger partial charge in [-0.05, 0) is 44.5 Å². The largest absolute Gasteiger partial charge is 0.743 e. The maximum absolute atomic E-state index is 13.8. The summed E-state index contributed by atoms with van der Waals surface area (Å²) < 4.78 is 148. The summed E-state index contributed by atoms with van der Waals surface area (Å²) in [7, 11) is -14.5. The first-order valence-electron chi connectivity index (χ1n) is 9.49. The molecule has 1 rings (SSSR count). The zero-order chi connectivity index (χ0) is 28.5. The number of ether oxygens (including phenoxy) is 2. The molecule has 1 unspecified atom stereocenters. The van der Waals surface area contributed by atoms with Crippen LogP contribution in [0.2, 0.25) is 0 Å². The van der Waals surface area contributed by atoms with Gasteiger partial charge in [0.25, 0.3) is 0 Å². The molecule has 206 valence electrons. The third-order valence-corrected chi connectivity index (χ3v) is 6.82. The molecule has 1 atom stereocenters. The van der Waals surface area contributed by atoms with Crippen molar-refractivity contribution < 1.29 is 71.0 Å². The minimum absolute atomic E-state index is 0.395. The van der Waals surface area contributed by atoms with Gasteiger partial charge in [0.2, 0.25) is 6.29 Å². The lowest BCUT2D eigenvalue weighted by Crippen LogP contribution is -2.61. The van der Waals surface area contributed by atoms with Gasteiger partial charge in [-0.1, -0.05) is 6.92 Å².